The Bertz CT molecular complexity index is 950. The van der Waals surface area contributed by atoms with Crippen molar-refractivity contribution in [3.63, 3.8) is 0 Å². The van der Waals surface area contributed by atoms with Crippen LogP contribution in [0.3, 0.4) is 0 Å². The summed E-state index contributed by atoms with van der Waals surface area (Å²) in [4.78, 5) is 15.8. The number of halogens is 1. The van der Waals surface area contributed by atoms with Gasteiger partial charge in [-0.15, -0.1) is 0 Å². The Morgan fingerprint density at radius 2 is 1.92 bits per heavy atom. The summed E-state index contributed by atoms with van der Waals surface area (Å²) in [6, 6.07) is 12.3. The molecular weight excluding hydrogens is 356 g/mol. The SMILES string of the molecule is CCc1ccc(-n2c(Cl)cnc2SC(C)(C)C(=O)O)c2ccccc12. The highest BCUT2D eigenvalue weighted by atomic mass is 35.5. The van der Waals surface area contributed by atoms with Gasteiger partial charge in [0.25, 0.3) is 0 Å². The molecule has 3 aromatic rings. The zero-order valence-electron chi connectivity index (χ0n) is 14.3. The molecule has 1 aromatic heterocycles. The van der Waals surface area contributed by atoms with E-state index in [-0.39, 0.29) is 0 Å². The molecule has 1 N–H and O–H groups in total. The van der Waals surface area contributed by atoms with Crippen LogP contribution in [0.4, 0.5) is 0 Å². The molecule has 0 fully saturated rings. The molecule has 130 valence electrons. The number of rotatable bonds is 5. The summed E-state index contributed by atoms with van der Waals surface area (Å²) in [5, 5.41) is 12.7. The lowest BCUT2D eigenvalue weighted by Gasteiger charge is -2.20. The lowest BCUT2D eigenvalue weighted by molar-refractivity contribution is -0.138. The van der Waals surface area contributed by atoms with Gasteiger partial charge in [0.15, 0.2) is 5.16 Å². The fraction of sp³-hybridized carbons (Fsp3) is 0.263. The second kappa shape index (κ2) is 6.73. The van der Waals surface area contributed by atoms with E-state index >= 15 is 0 Å². The number of aromatic nitrogens is 2. The summed E-state index contributed by atoms with van der Waals surface area (Å²) in [6.45, 7) is 5.44. The molecule has 0 aliphatic heterocycles. The van der Waals surface area contributed by atoms with Crippen molar-refractivity contribution in [2.24, 2.45) is 0 Å². The zero-order chi connectivity index (χ0) is 18.2. The topological polar surface area (TPSA) is 55.1 Å². The number of hydrogen-bond donors (Lipinski definition) is 1. The number of carboxylic acid groups (broad SMARTS) is 1. The van der Waals surface area contributed by atoms with Crippen molar-refractivity contribution in [2.75, 3.05) is 0 Å². The average molecular weight is 375 g/mol. The summed E-state index contributed by atoms with van der Waals surface area (Å²) in [6.07, 6.45) is 2.50. The normalized spacial score (nSPS) is 11.8. The molecule has 0 amide bonds. The molecule has 0 atom stereocenters. The molecule has 3 rings (SSSR count). The minimum Gasteiger partial charge on any atom is -0.480 e. The van der Waals surface area contributed by atoms with E-state index in [0.717, 1.165) is 17.5 Å². The Labute approximate surface area is 155 Å². The van der Waals surface area contributed by atoms with Crippen LogP contribution in [0, 0.1) is 0 Å². The van der Waals surface area contributed by atoms with Crippen LogP contribution in [0.25, 0.3) is 16.5 Å². The maximum absolute atomic E-state index is 11.5. The second-order valence-electron chi connectivity index (χ2n) is 6.26. The van der Waals surface area contributed by atoms with Crippen molar-refractivity contribution < 1.29 is 9.90 Å². The standard InChI is InChI=1S/C19H19ClN2O2S/c1-4-12-9-10-15(14-8-6-5-7-13(12)14)22-16(20)11-21-18(22)25-19(2,3)17(23)24/h5-11H,4H2,1-3H3,(H,23,24). The van der Waals surface area contributed by atoms with Gasteiger partial charge in [-0.3, -0.25) is 9.36 Å². The summed E-state index contributed by atoms with van der Waals surface area (Å²) >= 11 is 7.58. The Hall–Kier alpha value is -1.98. The van der Waals surface area contributed by atoms with Gasteiger partial charge in [0, 0.05) is 5.39 Å². The van der Waals surface area contributed by atoms with E-state index in [9.17, 15) is 9.90 Å². The predicted molar refractivity (Wildman–Crippen MR) is 103 cm³/mol. The van der Waals surface area contributed by atoms with Gasteiger partial charge in [-0.25, -0.2) is 4.98 Å². The number of thioether (sulfide) groups is 1. The minimum absolute atomic E-state index is 0.457. The van der Waals surface area contributed by atoms with Crippen molar-refractivity contribution in [3.8, 4) is 5.69 Å². The first-order valence-electron chi connectivity index (χ1n) is 8.01. The third kappa shape index (κ3) is 3.26. The van der Waals surface area contributed by atoms with Crippen molar-refractivity contribution >= 4 is 40.1 Å². The fourth-order valence-corrected chi connectivity index (χ4v) is 3.93. The van der Waals surface area contributed by atoms with Crippen LogP contribution in [0.1, 0.15) is 26.3 Å². The Kier molecular flexibility index (Phi) is 4.80. The molecule has 0 radical (unpaired) electrons. The van der Waals surface area contributed by atoms with E-state index in [1.54, 1.807) is 20.0 Å². The smallest absolute Gasteiger partial charge is 0.319 e. The maximum atomic E-state index is 11.5. The van der Waals surface area contributed by atoms with Crippen LogP contribution in [0.2, 0.25) is 5.15 Å². The quantitative estimate of drug-likeness (QED) is 0.624. The highest BCUT2D eigenvalue weighted by Gasteiger charge is 2.31. The van der Waals surface area contributed by atoms with Crippen LogP contribution in [-0.2, 0) is 11.2 Å². The molecule has 0 aliphatic rings. The zero-order valence-corrected chi connectivity index (χ0v) is 15.9. The number of benzene rings is 2. The van der Waals surface area contributed by atoms with Crippen molar-refractivity contribution in [3.05, 3.63) is 53.3 Å². The molecule has 1 heterocycles. The molecule has 2 aromatic carbocycles. The van der Waals surface area contributed by atoms with E-state index < -0.39 is 10.7 Å². The first kappa shape index (κ1) is 17.8. The highest BCUT2D eigenvalue weighted by molar-refractivity contribution is 8.01. The third-order valence-corrected chi connectivity index (χ3v) is 5.58. The lowest BCUT2D eigenvalue weighted by Crippen LogP contribution is -2.27. The second-order valence-corrected chi connectivity index (χ2v) is 8.24. The van der Waals surface area contributed by atoms with Gasteiger partial charge >= 0.3 is 5.97 Å². The Morgan fingerprint density at radius 3 is 2.56 bits per heavy atom. The molecule has 0 saturated heterocycles. The van der Waals surface area contributed by atoms with Gasteiger partial charge in [0.2, 0.25) is 0 Å². The fourth-order valence-electron chi connectivity index (χ4n) is 2.73. The Morgan fingerprint density at radius 1 is 1.24 bits per heavy atom. The molecule has 0 unspecified atom stereocenters. The first-order valence-corrected chi connectivity index (χ1v) is 9.21. The maximum Gasteiger partial charge on any atom is 0.319 e. The number of hydrogen-bond acceptors (Lipinski definition) is 3. The molecule has 25 heavy (non-hydrogen) atoms. The number of aryl methyl sites for hydroxylation is 1. The van der Waals surface area contributed by atoms with E-state index in [1.165, 1.54) is 22.7 Å². The van der Waals surface area contributed by atoms with E-state index in [2.05, 4.69) is 30.1 Å². The van der Waals surface area contributed by atoms with Gasteiger partial charge in [-0.2, -0.15) is 0 Å². The summed E-state index contributed by atoms with van der Waals surface area (Å²) in [5.41, 5.74) is 2.16. The number of carbonyl (C=O) groups is 1. The van der Waals surface area contributed by atoms with Crippen molar-refractivity contribution in [2.45, 2.75) is 37.1 Å². The van der Waals surface area contributed by atoms with Crippen molar-refractivity contribution in [1.82, 2.24) is 9.55 Å². The monoisotopic (exact) mass is 374 g/mol. The number of fused-ring (bicyclic) bond motifs is 1. The van der Waals surface area contributed by atoms with Crippen LogP contribution in [0.5, 0.6) is 0 Å². The van der Waals surface area contributed by atoms with E-state index in [4.69, 9.17) is 11.6 Å². The number of carboxylic acids is 1. The minimum atomic E-state index is -1.01. The molecule has 6 heteroatoms. The van der Waals surface area contributed by atoms with Crippen LogP contribution in [-0.4, -0.2) is 25.4 Å². The molecular formula is C19H19ClN2O2S. The Balaban J connectivity index is 2.20. The molecule has 4 nitrogen and oxygen atoms in total. The van der Waals surface area contributed by atoms with Crippen LogP contribution >= 0.6 is 23.4 Å². The van der Waals surface area contributed by atoms with E-state index in [0.29, 0.717) is 10.3 Å². The van der Waals surface area contributed by atoms with Gasteiger partial charge < -0.3 is 5.11 Å². The third-order valence-electron chi connectivity index (χ3n) is 4.16. The average Bonchev–Trinajstić information content (AvgIpc) is 2.93. The van der Waals surface area contributed by atoms with E-state index in [1.807, 2.05) is 22.8 Å². The van der Waals surface area contributed by atoms with Crippen LogP contribution in [0.15, 0.2) is 47.8 Å². The molecule has 0 aliphatic carbocycles. The van der Waals surface area contributed by atoms with Gasteiger partial charge in [-0.1, -0.05) is 60.6 Å². The highest BCUT2D eigenvalue weighted by Crippen LogP contribution is 2.37. The molecule has 0 spiro atoms. The molecule has 0 saturated carbocycles. The van der Waals surface area contributed by atoms with Gasteiger partial charge in [0.1, 0.15) is 9.90 Å². The van der Waals surface area contributed by atoms with Crippen molar-refractivity contribution in [1.29, 1.82) is 0 Å². The van der Waals surface area contributed by atoms with Crippen LogP contribution < -0.4 is 0 Å². The summed E-state index contributed by atoms with van der Waals surface area (Å²) in [7, 11) is 0. The number of aliphatic carboxylic acids is 1. The summed E-state index contributed by atoms with van der Waals surface area (Å²) < 4.78 is 0.810. The number of nitrogens with zero attached hydrogens (tertiary/aromatic N) is 2. The largest absolute Gasteiger partial charge is 0.480 e. The molecule has 0 bridgehead atoms. The van der Waals surface area contributed by atoms with Gasteiger partial charge in [-0.05, 0) is 37.3 Å². The number of imidazole rings is 1. The van der Waals surface area contributed by atoms with Gasteiger partial charge in [0.05, 0.1) is 11.9 Å². The lowest BCUT2D eigenvalue weighted by atomic mass is 10.0. The predicted octanol–water partition coefficient (Wildman–Crippen LogP) is 5.20. The first-order chi connectivity index (χ1) is 11.8. The summed E-state index contributed by atoms with van der Waals surface area (Å²) in [5.74, 6) is -0.894.